The molecule has 2 aliphatic carbocycles. The molecule has 1 saturated heterocycles. The van der Waals surface area contributed by atoms with Gasteiger partial charge in [0.1, 0.15) is 23.5 Å². The maximum absolute atomic E-state index is 15.3. The van der Waals surface area contributed by atoms with E-state index in [9.17, 15) is 19.6 Å². The molecular formula is C32H35FN4O4. The van der Waals surface area contributed by atoms with Crippen LogP contribution in [-0.2, 0) is 22.5 Å². The second-order valence-corrected chi connectivity index (χ2v) is 13.0. The van der Waals surface area contributed by atoms with Crippen molar-refractivity contribution in [3.05, 3.63) is 58.9 Å². The highest BCUT2D eigenvalue weighted by molar-refractivity contribution is 5.98. The quantitative estimate of drug-likeness (QED) is 0.582. The summed E-state index contributed by atoms with van der Waals surface area (Å²) in [5.74, 6) is 0.389. The Balaban J connectivity index is 1.16. The second kappa shape index (κ2) is 9.57. The molecule has 3 amide bonds. The van der Waals surface area contributed by atoms with E-state index in [-0.39, 0.29) is 30.2 Å². The molecule has 2 bridgehead atoms. The zero-order valence-electron chi connectivity index (χ0n) is 24.0. The Morgan fingerprint density at radius 2 is 1.88 bits per heavy atom. The first kappa shape index (κ1) is 27.3. The molecule has 7 atom stereocenters. The largest absolute Gasteiger partial charge is 0.444 e. The highest BCUT2D eigenvalue weighted by atomic mass is 19.1. The molecule has 0 unspecified atom stereocenters. The third kappa shape index (κ3) is 4.63. The number of hydrogen-bond acceptors (Lipinski definition) is 5. The Kier molecular flexibility index (Phi) is 6.36. The van der Waals surface area contributed by atoms with Crippen LogP contribution in [0.15, 0.2) is 36.4 Å². The van der Waals surface area contributed by atoms with Gasteiger partial charge in [0.05, 0.1) is 6.07 Å². The zero-order valence-corrected chi connectivity index (χ0v) is 24.0. The number of fused-ring (bicyclic) bond motifs is 6. The molecule has 2 aliphatic heterocycles. The lowest BCUT2D eigenvalue weighted by Gasteiger charge is -2.35. The molecule has 6 rings (SSSR count). The summed E-state index contributed by atoms with van der Waals surface area (Å²) >= 11 is 0. The van der Waals surface area contributed by atoms with Crippen LogP contribution in [0.25, 0.3) is 11.1 Å². The Morgan fingerprint density at radius 3 is 2.56 bits per heavy atom. The average molecular weight is 559 g/mol. The van der Waals surface area contributed by atoms with Crippen molar-refractivity contribution in [2.24, 2.45) is 23.7 Å². The van der Waals surface area contributed by atoms with Gasteiger partial charge in [-0.2, -0.15) is 5.26 Å². The van der Waals surface area contributed by atoms with Crippen LogP contribution in [-0.4, -0.2) is 58.5 Å². The minimum Gasteiger partial charge on any atom is -0.444 e. The maximum atomic E-state index is 15.3. The van der Waals surface area contributed by atoms with Crippen LogP contribution in [0.3, 0.4) is 0 Å². The number of carbonyl (C=O) groups is 3. The van der Waals surface area contributed by atoms with Crippen molar-refractivity contribution < 1.29 is 23.5 Å². The van der Waals surface area contributed by atoms with E-state index in [4.69, 9.17) is 4.74 Å². The molecule has 0 aromatic heterocycles. The highest BCUT2D eigenvalue weighted by Gasteiger charge is 2.71. The summed E-state index contributed by atoms with van der Waals surface area (Å²) in [6.07, 6.45) is 0.255. The van der Waals surface area contributed by atoms with E-state index >= 15 is 4.39 Å². The molecule has 41 heavy (non-hydrogen) atoms. The number of piperidine rings is 1. The minimum absolute atomic E-state index is 0.00640. The smallest absolute Gasteiger partial charge is 0.411 e. The molecule has 2 aromatic rings. The highest BCUT2D eigenvalue weighted by Crippen LogP contribution is 2.67. The van der Waals surface area contributed by atoms with Gasteiger partial charge in [0.2, 0.25) is 5.91 Å². The summed E-state index contributed by atoms with van der Waals surface area (Å²) < 4.78 is 20.9. The third-order valence-electron chi connectivity index (χ3n) is 9.28. The fourth-order valence-electron chi connectivity index (χ4n) is 7.48. The van der Waals surface area contributed by atoms with Crippen molar-refractivity contribution in [3.63, 3.8) is 0 Å². The topological polar surface area (TPSA) is 103 Å². The molecule has 9 heteroatoms. The number of hydrogen-bond donors (Lipinski definition) is 1. The number of ether oxygens (including phenoxy) is 1. The summed E-state index contributed by atoms with van der Waals surface area (Å²) in [4.78, 5) is 42.2. The van der Waals surface area contributed by atoms with Crippen molar-refractivity contribution in [1.82, 2.24) is 15.1 Å². The third-order valence-corrected chi connectivity index (χ3v) is 9.28. The predicted octanol–water partition coefficient (Wildman–Crippen LogP) is 4.52. The van der Waals surface area contributed by atoms with Gasteiger partial charge in [0.15, 0.2) is 0 Å². The number of halogens is 1. The zero-order chi connectivity index (χ0) is 29.4. The van der Waals surface area contributed by atoms with Gasteiger partial charge in [-0.3, -0.25) is 14.5 Å². The van der Waals surface area contributed by atoms with E-state index in [0.29, 0.717) is 41.0 Å². The molecule has 3 fully saturated rings. The Morgan fingerprint density at radius 1 is 1.17 bits per heavy atom. The van der Waals surface area contributed by atoms with Gasteiger partial charge in [0, 0.05) is 31.6 Å². The lowest BCUT2D eigenvalue weighted by molar-refractivity contribution is -0.128. The van der Waals surface area contributed by atoms with Crippen molar-refractivity contribution in [2.75, 3.05) is 7.05 Å². The summed E-state index contributed by atoms with van der Waals surface area (Å²) in [5.41, 5.74) is 2.64. The maximum Gasteiger partial charge on any atom is 0.411 e. The fraction of sp³-hybridized carbons (Fsp3) is 0.500. The van der Waals surface area contributed by atoms with Crippen molar-refractivity contribution in [1.29, 1.82) is 5.26 Å². The van der Waals surface area contributed by atoms with Gasteiger partial charge in [-0.05, 0) is 91.3 Å². The Bertz CT molecular complexity index is 1490. The van der Waals surface area contributed by atoms with Gasteiger partial charge in [-0.25, -0.2) is 9.18 Å². The normalized spacial score (nSPS) is 28.2. The van der Waals surface area contributed by atoms with Crippen LogP contribution in [0.5, 0.6) is 0 Å². The van der Waals surface area contributed by atoms with E-state index in [1.165, 1.54) is 6.07 Å². The summed E-state index contributed by atoms with van der Waals surface area (Å²) in [5, 5.41) is 12.7. The van der Waals surface area contributed by atoms with Crippen molar-refractivity contribution in [3.8, 4) is 17.2 Å². The van der Waals surface area contributed by atoms with Gasteiger partial charge in [-0.15, -0.1) is 0 Å². The number of benzene rings is 2. The van der Waals surface area contributed by atoms with Gasteiger partial charge >= 0.3 is 6.09 Å². The molecular weight excluding hydrogens is 523 g/mol. The Hall–Kier alpha value is -3.93. The van der Waals surface area contributed by atoms with E-state index in [2.05, 4.69) is 18.3 Å². The Labute approximate surface area is 239 Å². The minimum atomic E-state index is -0.962. The first-order valence-corrected chi connectivity index (χ1v) is 14.3. The number of likely N-dealkylation sites (tertiary alicyclic amines) is 1. The molecule has 2 heterocycles. The number of nitriles is 1. The lowest BCUT2D eigenvalue weighted by Crippen LogP contribution is -2.56. The first-order chi connectivity index (χ1) is 19.4. The van der Waals surface area contributed by atoms with Crippen LogP contribution >= 0.6 is 0 Å². The molecule has 4 aliphatic rings. The molecule has 1 N–H and O–H groups in total. The van der Waals surface area contributed by atoms with Crippen LogP contribution < -0.4 is 5.32 Å². The predicted molar refractivity (Wildman–Crippen MR) is 149 cm³/mol. The summed E-state index contributed by atoms with van der Waals surface area (Å²) in [7, 11) is 1.75. The molecule has 0 spiro atoms. The van der Waals surface area contributed by atoms with E-state index in [1.807, 2.05) is 6.07 Å². The average Bonchev–Trinajstić information content (AvgIpc) is 3.17. The van der Waals surface area contributed by atoms with E-state index in [0.717, 1.165) is 17.5 Å². The standard InChI is InChI=1S/C32H35FN4O4/c1-16-26-23-13-25(27(16)26)37(31(40)41-32(2,3)4)28(23)29(38)35-21(14-34)11-19-7-6-18(12-24(19)33)17-8-9-22-20(10-17)15-36(5)30(22)39/h6-10,12,16,21,23,25-28H,11,13,15H2,1-5H3,(H,35,38)/t16-,21-,23+,25-,26-,27+,28-/m0/s1. The molecule has 0 radical (unpaired) electrons. The number of nitrogens with zero attached hydrogens (tertiary/aromatic N) is 3. The molecule has 214 valence electrons. The molecule has 8 nitrogen and oxygen atoms in total. The second-order valence-electron chi connectivity index (χ2n) is 13.0. The fourth-order valence-corrected chi connectivity index (χ4v) is 7.48. The number of carbonyl (C=O) groups excluding carboxylic acids is 3. The molecule has 2 aromatic carbocycles. The first-order valence-electron chi connectivity index (χ1n) is 14.3. The number of rotatable bonds is 5. The number of amides is 3. The van der Waals surface area contributed by atoms with Crippen LogP contribution in [0, 0.1) is 40.8 Å². The summed E-state index contributed by atoms with van der Waals surface area (Å²) in [6.45, 7) is 8.07. The summed E-state index contributed by atoms with van der Waals surface area (Å²) in [6, 6.07) is 10.7. The van der Waals surface area contributed by atoms with Gasteiger partial charge < -0.3 is 15.0 Å². The van der Waals surface area contributed by atoms with E-state index < -0.39 is 29.6 Å². The van der Waals surface area contributed by atoms with E-state index in [1.54, 1.807) is 61.9 Å². The van der Waals surface area contributed by atoms with Crippen molar-refractivity contribution >= 4 is 17.9 Å². The van der Waals surface area contributed by atoms with Gasteiger partial charge in [0.25, 0.3) is 5.91 Å². The number of nitrogens with one attached hydrogen (secondary N) is 1. The molecule has 2 saturated carbocycles. The van der Waals surface area contributed by atoms with Crippen molar-refractivity contribution in [2.45, 2.75) is 70.8 Å². The van der Waals surface area contributed by atoms with Gasteiger partial charge in [-0.1, -0.05) is 25.1 Å². The SMILES string of the molecule is C[C@H]1[C@H]2[C@H]3C[C@@H]([C@@H]12)N(C(=O)OC(C)(C)C)[C@@H]3C(=O)N[C@H](C#N)Cc1ccc(-c2ccc3c(c2)CN(C)C3=O)cc1F. The lowest BCUT2D eigenvalue weighted by atomic mass is 9.94. The monoisotopic (exact) mass is 558 g/mol. The van der Waals surface area contributed by atoms with Crippen LogP contribution in [0.2, 0.25) is 0 Å². The van der Waals surface area contributed by atoms with Crippen LogP contribution in [0.1, 0.15) is 55.6 Å². The van der Waals surface area contributed by atoms with Crippen LogP contribution in [0.4, 0.5) is 9.18 Å².